The quantitative estimate of drug-likeness (QED) is 0.725. The molecule has 4 heteroatoms. The smallest absolute Gasteiger partial charge is 0.222 e. The Morgan fingerprint density at radius 1 is 1.44 bits per heavy atom. The second-order valence-corrected chi connectivity index (χ2v) is 5.38. The molecule has 1 fully saturated rings. The van der Waals surface area contributed by atoms with Gasteiger partial charge in [-0.15, -0.1) is 0 Å². The molecule has 1 aliphatic carbocycles. The van der Waals surface area contributed by atoms with Gasteiger partial charge < -0.3 is 15.7 Å². The molecular weight excluding hydrogens is 228 g/mol. The van der Waals surface area contributed by atoms with Crippen LogP contribution in [0.5, 0.6) is 0 Å². The first-order valence-corrected chi connectivity index (χ1v) is 7.31. The van der Waals surface area contributed by atoms with E-state index in [2.05, 4.69) is 0 Å². The number of carbonyl (C=O) groups excluding carboxylic acids is 1. The highest BCUT2D eigenvalue weighted by atomic mass is 16.3. The van der Waals surface area contributed by atoms with Crippen LogP contribution < -0.4 is 5.73 Å². The van der Waals surface area contributed by atoms with Gasteiger partial charge in [0, 0.05) is 32.2 Å². The average molecular weight is 256 g/mol. The van der Waals surface area contributed by atoms with Crippen molar-refractivity contribution in [3.05, 3.63) is 0 Å². The Labute approximate surface area is 111 Å². The topological polar surface area (TPSA) is 66.6 Å². The molecule has 0 aromatic rings. The molecule has 4 nitrogen and oxygen atoms in total. The summed E-state index contributed by atoms with van der Waals surface area (Å²) in [5.74, 6) is 0.861. The Balaban J connectivity index is 2.25. The molecule has 18 heavy (non-hydrogen) atoms. The average Bonchev–Trinajstić information content (AvgIpc) is 2.37. The van der Waals surface area contributed by atoms with Crippen LogP contribution in [0.3, 0.4) is 0 Å². The van der Waals surface area contributed by atoms with Crippen molar-refractivity contribution in [2.24, 2.45) is 11.7 Å². The fourth-order valence-electron chi connectivity index (χ4n) is 2.80. The maximum atomic E-state index is 12.0. The summed E-state index contributed by atoms with van der Waals surface area (Å²) in [6, 6.07) is 0.343. The van der Waals surface area contributed by atoms with Gasteiger partial charge in [0.1, 0.15) is 0 Å². The minimum atomic E-state index is 0.154. The summed E-state index contributed by atoms with van der Waals surface area (Å²) < 4.78 is 0. The lowest BCUT2D eigenvalue weighted by Gasteiger charge is -2.27. The van der Waals surface area contributed by atoms with Gasteiger partial charge >= 0.3 is 0 Å². The zero-order valence-electron chi connectivity index (χ0n) is 11.6. The molecule has 0 bridgehead atoms. The number of nitrogens with two attached hydrogens (primary N) is 1. The van der Waals surface area contributed by atoms with Crippen molar-refractivity contribution in [1.82, 2.24) is 4.90 Å². The number of aliphatic hydroxyl groups excluding tert-OH is 1. The molecule has 1 saturated carbocycles. The van der Waals surface area contributed by atoms with Gasteiger partial charge in [-0.1, -0.05) is 12.8 Å². The fraction of sp³-hybridized carbons (Fsp3) is 0.929. The SMILES string of the molecule is CCN(CCCO)C(=O)CCC1CCCC(N)C1. The van der Waals surface area contributed by atoms with Crippen LogP contribution in [-0.2, 0) is 4.79 Å². The Kier molecular flexibility index (Phi) is 7.28. The van der Waals surface area contributed by atoms with Crippen molar-refractivity contribution in [2.75, 3.05) is 19.7 Å². The van der Waals surface area contributed by atoms with E-state index in [4.69, 9.17) is 10.8 Å². The van der Waals surface area contributed by atoms with Gasteiger partial charge in [0.2, 0.25) is 5.91 Å². The summed E-state index contributed by atoms with van der Waals surface area (Å²) in [6.45, 7) is 3.56. The molecule has 0 aromatic carbocycles. The Hall–Kier alpha value is -0.610. The van der Waals surface area contributed by atoms with E-state index >= 15 is 0 Å². The Bertz CT molecular complexity index is 246. The molecule has 0 spiro atoms. The second kappa shape index (κ2) is 8.48. The number of aliphatic hydroxyl groups is 1. The van der Waals surface area contributed by atoms with E-state index in [1.54, 1.807) is 0 Å². The fourth-order valence-corrected chi connectivity index (χ4v) is 2.80. The van der Waals surface area contributed by atoms with Crippen LogP contribution in [0.2, 0.25) is 0 Å². The first-order chi connectivity index (χ1) is 8.67. The van der Waals surface area contributed by atoms with Gasteiger partial charge in [0.15, 0.2) is 0 Å². The van der Waals surface area contributed by atoms with Crippen LogP contribution in [0.1, 0.15) is 51.9 Å². The van der Waals surface area contributed by atoms with Gasteiger partial charge in [-0.25, -0.2) is 0 Å². The van der Waals surface area contributed by atoms with Gasteiger partial charge in [-0.2, -0.15) is 0 Å². The maximum Gasteiger partial charge on any atom is 0.222 e. The van der Waals surface area contributed by atoms with E-state index in [0.717, 1.165) is 25.8 Å². The lowest BCUT2D eigenvalue weighted by Crippen LogP contribution is -2.33. The van der Waals surface area contributed by atoms with E-state index in [1.165, 1.54) is 12.8 Å². The van der Waals surface area contributed by atoms with Crippen molar-refractivity contribution < 1.29 is 9.90 Å². The van der Waals surface area contributed by atoms with Gasteiger partial charge in [-0.05, 0) is 38.5 Å². The van der Waals surface area contributed by atoms with Crippen molar-refractivity contribution in [1.29, 1.82) is 0 Å². The molecule has 1 amide bonds. The minimum absolute atomic E-state index is 0.154. The summed E-state index contributed by atoms with van der Waals surface area (Å²) >= 11 is 0. The number of hydrogen-bond donors (Lipinski definition) is 2. The summed E-state index contributed by atoms with van der Waals surface area (Å²) in [5.41, 5.74) is 5.96. The molecule has 0 radical (unpaired) electrons. The molecule has 1 aliphatic rings. The monoisotopic (exact) mass is 256 g/mol. The third kappa shape index (κ3) is 5.36. The van der Waals surface area contributed by atoms with Crippen molar-refractivity contribution in [3.63, 3.8) is 0 Å². The van der Waals surface area contributed by atoms with Crippen LogP contribution in [0.15, 0.2) is 0 Å². The molecule has 0 aliphatic heterocycles. The van der Waals surface area contributed by atoms with Gasteiger partial charge in [0.05, 0.1) is 0 Å². The molecule has 106 valence electrons. The van der Waals surface area contributed by atoms with Gasteiger partial charge in [0.25, 0.3) is 0 Å². The van der Waals surface area contributed by atoms with E-state index in [0.29, 0.717) is 31.3 Å². The summed E-state index contributed by atoms with van der Waals surface area (Å²) in [4.78, 5) is 13.9. The predicted molar refractivity (Wildman–Crippen MR) is 73.1 cm³/mol. The first kappa shape index (κ1) is 15.4. The van der Waals surface area contributed by atoms with Crippen molar-refractivity contribution in [3.8, 4) is 0 Å². The Morgan fingerprint density at radius 2 is 2.22 bits per heavy atom. The van der Waals surface area contributed by atoms with Crippen molar-refractivity contribution in [2.45, 2.75) is 57.9 Å². The molecule has 1 rings (SSSR count). The number of amides is 1. The lowest BCUT2D eigenvalue weighted by atomic mass is 9.83. The summed E-state index contributed by atoms with van der Waals surface area (Å²) in [6.07, 6.45) is 6.94. The zero-order chi connectivity index (χ0) is 13.4. The number of rotatable bonds is 7. The van der Waals surface area contributed by atoms with E-state index in [9.17, 15) is 4.79 Å². The van der Waals surface area contributed by atoms with E-state index in [-0.39, 0.29) is 12.5 Å². The third-order valence-electron chi connectivity index (χ3n) is 3.91. The number of nitrogens with zero attached hydrogens (tertiary/aromatic N) is 1. The zero-order valence-corrected chi connectivity index (χ0v) is 11.6. The summed E-state index contributed by atoms with van der Waals surface area (Å²) in [7, 11) is 0. The molecule has 2 atom stereocenters. The first-order valence-electron chi connectivity index (χ1n) is 7.31. The van der Waals surface area contributed by atoms with Crippen LogP contribution in [0, 0.1) is 5.92 Å². The largest absolute Gasteiger partial charge is 0.396 e. The molecule has 0 aromatic heterocycles. The van der Waals surface area contributed by atoms with Crippen LogP contribution in [0.25, 0.3) is 0 Å². The molecule has 0 saturated heterocycles. The lowest BCUT2D eigenvalue weighted by molar-refractivity contribution is -0.131. The summed E-state index contributed by atoms with van der Waals surface area (Å²) in [5, 5.41) is 8.80. The highest BCUT2D eigenvalue weighted by Crippen LogP contribution is 2.27. The Morgan fingerprint density at radius 3 is 2.83 bits per heavy atom. The van der Waals surface area contributed by atoms with E-state index < -0.39 is 0 Å². The molecule has 2 unspecified atom stereocenters. The standard InChI is InChI=1S/C14H28N2O2/c1-2-16(9-4-10-17)14(18)8-7-12-5-3-6-13(15)11-12/h12-13,17H,2-11,15H2,1H3. The van der Waals surface area contributed by atoms with Gasteiger partial charge in [-0.3, -0.25) is 4.79 Å². The maximum absolute atomic E-state index is 12.0. The van der Waals surface area contributed by atoms with Crippen LogP contribution in [-0.4, -0.2) is 41.7 Å². The van der Waals surface area contributed by atoms with E-state index in [1.807, 2.05) is 11.8 Å². The van der Waals surface area contributed by atoms with Crippen LogP contribution >= 0.6 is 0 Å². The molecule has 0 heterocycles. The predicted octanol–water partition coefficient (Wildman–Crippen LogP) is 1.51. The second-order valence-electron chi connectivity index (χ2n) is 5.38. The van der Waals surface area contributed by atoms with Crippen molar-refractivity contribution >= 4 is 5.91 Å². The highest BCUT2D eigenvalue weighted by molar-refractivity contribution is 5.76. The normalized spacial score (nSPS) is 23.9. The minimum Gasteiger partial charge on any atom is -0.396 e. The molecule has 3 N–H and O–H groups in total. The molecular formula is C14H28N2O2. The highest BCUT2D eigenvalue weighted by Gasteiger charge is 2.20. The number of carbonyl (C=O) groups is 1. The van der Waals surface area contributed by atoms with Crippen LogP contribution in [0.4, 0.5) is 0 Å². The third-order valence-corrected chi connectivity index (χ3v) is 3.91. The number of hydrogen-bond acceptors (Lipinski definition) is 3.